The van der Waals surface area contributed by atoms with Crippen LogP contribution in [0.3, 0.4) is 0 Å². The van der Waals surface area contributed by atoms with Gasteiger partial charge in [0.2, 0.25) is 0 Å². The highest BCUT2D eigenvalue weighted by atomic mass is 127. The first-order chi connectivity index (χ1) is 11.8. The smallest absolute Gasteiger partial charge is 0.126 e. The van der Waals surface area contributed by atoms with E-state index in [0.29, 0.717) is 11.1 Å². The Morgan fingerprint density at radius 1 is 0.600 bits per heavy atom. The molecule has 0 heterocycles. The van der Waals surface area contributed by atoms with E-state index in [9.17, 15) is 17.6 Å². The van der Waals surface area contributed by atoms with E-state index >= 15 is 0 Å². The summed E-state index contributed by atoms with van der Waals surface area (Å²) in [6.07, 6.45) is 0. The van der Waals surface area contributed by atoms with Crippen LogP contribution in [0.5, 0.6) is 0 Å². The van der Waals surface area contributed by atoms with Crippen LogP contribution in [0, 0.1) is 30.4 Å². The second-order valence-electron chi connectivity index (χ2n) is 5.50. The molecule has 0 aliphatic rings. The van der Waals surface area contributed by atoms with E-state index < -0.39 is 29.2 Å². The summed E-state index contributed by atoms with van der Waals surface area (Å²) >= 11 is 4.26. The molecule has 25 heavy (non-hydrogen) atoms. The van der Waals surface area contributed by atoms with Gasteiger partial charge in [-0.05, 0) is 98.3 Å². The van der Waals surface area contributed by atoms with Crippen LogP contribution in [0.2, 0.25) is 0 Å². The van der Waals surface area contributed by atoms with Gasteiger partial charge in [-0.25, -0.2) is 17.6 Å². The van der Waals surface area contributed by atoms with Crippen molar-refractivity contribution >= 4 is 45.2 Å². The molecule has 0 spiro atoms. The lowest BCUT2D eigenvalue weighted by molar-refractivity contribution is 0.575. The third kappa shape index (κ3) is 4.33. The van der Waals surface area contributed by atoms with Crippen LogP contribution in [0.15, 0.2) is 54.6 Å². The molecule has 0 saturated heterocycles. The van der Waals surface area contributed by atoms with Crippen LogP contribution in [-0.2, 0) is 0 Å². The molecule has 0 bridgehead atoms. The molecule has 0 aliphatic heterocycles. The first-order valence-corrected chi connectivity index (χ1v) is 9.36. The first kappa shape index (κ1) is 18.6. The van der Waals surface area contributed by atoms with E-state index in [4.69, 9.17) is 0 Å². The Morgan fingerprint density at radius 2 is 1.04 bits per heavy atom. The van der Waals surface area contributed by atoms with Crippen molar-refractivity contribution < 1.29 is 17.6 Å². The van der Waals surface area contributed by atoms with Crippen LogP contribution < -0.4 is 0 Å². The Balaban J connectivity index is 2.27. The Kier molecular flexibility index (Phi) is 5.67. The molecule has 0 unspecified atom stereocenters. The van der Waals surface area contributed by atoms with Gasteiger partial charge in [0.25, 0.3) is 0 Å². The second kappa shape index (κ2) is 7.61. The summed E-state index contributed by atoms with van der Waals surface area (Å²) in [6.45, 7) is 0. The average Bonchev–Trinajstić information content (AvgIpc) is 2.48. The molecule has 0 aromatic heterocycles. The van der Waals surface area contributed by atoms with Crippen molar-refractivity contribution in [2.75, 3.05) is 0 Å². The van der Waals surface area contributed by atoms with Gasteiger partial charge in [-0.3, -0.25) is 0 Å². The molecular weight excluding hydrogens is 558 g/mol. The average molecular weight is 568 g/mol. The molecule has 0 saturated carbocycles. The highest BCUT2D eigenvalue weighted by Crippen LogP contribution is 2.36. The maximum Gasteiger partial charge on any atom is 0.126 e. The van der Waals surface area contributed by atoms with Gasteiger partial charge in [-0.2, -0.15) is 0 Å². The third-order valence-corrected chi connectivity index (χ3v) is 5.32. The quantitative estimate of drug-likeness (QED) is 0.189. The zero-order valence-electron chi connectivity index (χ0n) is 12.5. The number of rotatable bonds is 3. The van der Waals surface area contributed by atoms with Gasteiger partial charge in [0.15, 0.2) is 0 Å². The summed E-state index contributed by atoms with van der Waals surface area (Å²) in [4.78, 5) is 0. The van der Waals surface area contributed by atoms with Crippen LogP contribution in [0.1, 0.15) is 22.6 Å². The normalized spacial score (nSPS) is 11.2. The highest BCUT2D eigenvalue weighted by molar-refractivity contribution is 14.1. The van der Waals surface area contributed by atoms with E-state index in [2.05, 4.69) is 45.2 Å². The molecule has 0 amide bonds. The van der Waals surface area contributed by atoms with E-state index in [-0.39, 0.29) is 0 Å². The monoisotopic (exact) mass is 568 g/mol. The third-order valence-electron chi connectivity index (χ3n) is 3.71. The van der Waals surface area contributed by atoms with E-state index in [1.807, 2.05) is 12.1 Å². The van der Waals surface area contributed by atoms with Gasteiger partial charge in [-0.1, -0.05) is 6.07 Å². The molecule has 0 fully saturated rings. The molecule has 128 valence electrons. The lowest BCUT2D eigenvalue weighted by atomic mass is 9.85. The molecule has 3 rings (SSSR count). The van der Waals surface area contributed by atoms with Gasteiger partial charge in [0, 0.05) is 25.2 Å². The standard InChI is InChI=1S/C19H10F4I2/c20-12-3-10(4-13(21)7-12)19(11-5-14(22)8-15(23)6-11)17-2-1-16(24)9-18(17)25/h1-9,19H. The summed E-state index contributed by atoms with van der Waals surface area (Å²) in [5, 5.41) is 0. The lowest BCUT2D eigenvalue weighted by Crippen LogP contribution is -2.08. The van der Waals surface area contributed by atoms with Crippen molar-refractivity contribution in [1.29, 1.82) is 0 Å². The van der Waals surface area contributed by atoms with Gasteiger partial charge < -0.3 is 0 Å². The maximum atomic E-state index is 13.8. The summed E-state index contributed by atoms with van der Waals surface area (Å²) in [5.41, 5.74) is 1.30. The lowest BCUT2D eigenvalue weighted by Gasteiger charge is -2.21. The van der Waals surface area contributed by atoms with Gasteiger partial charge >= 0.3 is 0 Å². The molecular formula is C19H10F4I2. The van der Waals surface area contributed by atoms with E-state index in [1.165, 1.54) is 24.3 Å². The molecule has 0 radical (unpaired) electrons. The van der Waals surface area contributed by atoms with Gasteiger partial charge in [0.1, 0.15) is 23.3 Å². The second-order valence-corrected chi connectivity index (χ2v) is 7.91. The predicted octanol–water partition coefficient (Wildman–Crippen LogP) is 6.63. The summed E-state index contributed by atoms with van der Waals surface area (Å²) in [6, 6.07) is 11.8. The number of benzene rings is 3. The maximum absolute atomic E-state index is 13.8. The minimum atomic E-state index is -0.739. The van der Waals surface area contributed by atoms with Crippen molar-refractivity contribution in [1.82, 2.24) is 0 Å². The number of hydrogen-bond acceptors (Lipinski definition) is 0. The minimum Gasteiger partial charge on any atom is -0.207 e. The minimum absolute atomic E-state index is 0.293. The van der Waals surface area contributed by atoms with Crippen molar-refractivity contribution in [3.8, 4) is 0 Å². The largest absolute Gasteiger partial charge is 0.207 e. The molecule has 3 aromatic carbocycles. The zero-order chi connectivity index (χ0) is 18.1. The molecule has 6 heteroatoms. The summed E-state index contributed by atoms with van der Waals surface area (Å²) in [5.74, 6) is -3.65. The summed E-state index contributed by atoms with van der Waals surface area (Å²) < 4.78 is 56.8. The fourth-order valence-electron chi connectivity index (χ4n) is 2.77. The SMILES string of the molecule is Fc1cc(F)cc(C(c2cc(F)cc(F)c2)c2ccc(I)cc2I)c1. The highest BCUT2D eigenvalue weighted by Gasteiger charge is 2.22. The van der Waals surface area contributed by atoms with E-state index in [0.717, 1.165) is 24.8 Å². The molecule has 0 aliphatic carbocycles. The number of halogens is 6. The van der Waals surface area contributed by atoms with Crippen molar-refractivity contribution in [3.63, 3.8) is 0 Å². The summed E-state index contributed by atoms with van der Waals surface area (Å²) in [7, 11) is 0. The fraction of sp³-hybridized carbons (Fsp3) is 0.0526. The zero-order valence-corrected chi connectivity index (χ0v) is 16.9. The molecule has 0 nitrogen and oxygen atoms in total. The van der Waals surface area contributed by atoms with Crippen molar-refractivity contribution in [2.24, 2.45) is 0 Å². The van der Waals surface area contributed by atoms with Crippen molar-refractivity contribution in [3.05, 3.63) is 102 Å². The molecule has 3 aromatic rings. The van der Waals surface area contributed by atoms with Crippen LogP contribution in [0.4, 0.5) is 17.6 Å². The number of hydrogen-bond donors (Lipinski definition) is 0. The molecule has 0 N–H and O–H groups in total. The van der Waals surface area contributed by atoms with E-state index in [1.54, 1.807) is 6.07 Å². The Labute approximate surface area is 169 Å². The van der Waals surface area contributed by atoms with Gasteiger partial charge in [-0.15, -0.1) is 0 Å². The van der Waals surface area contributed by atoms with Crippen LogP contribution >= 0.6 is 45.2 Å². The molecule has 0 atom stereocenters. The Morgan fingerprint density at radius 3 is 1.44 bits per heavy atom. The Hall–Kier alpha value is -1.16. The van der Waals surface area contributed by atoms with Crippen LogP contribution in [-0.4, -0.2) is 0 Å². The van der Waals surface area contributed by atoms with Gasteiger partial charge in [0.05, 0.1) is 0 Å². The topological polar surface area (TPSA) is 0 Å². The predicted molar refractivity (Wildman–Crippen MR) is 106 cm³/mol. The fourth-order valence-corrected chi connectivity index (χ4v) is 4.68. The van der Waals surface area contributed by atoms with Crippen molar-refractivity contribution in [2.45, 2.75) is 5.92 Å². The first-order valence-electron chi connectivity index (χ1n) is 7.20. The Bertz CT molecular complexity index is 849. The van der Waals surface area contributed by atoms with Crippen LogP contribution in [0.25, 0.3) is 0 Å².